The van der Waals surface area contributed by atoms with Crippen molar-refractivity contribution in [2.75, 3.05) is 13.7 Å². The van der Waals surface area contributed by atoms with Gasteiger partial charge in [0, 0.05) is 7.11 Å². The topological polar surface area (TPSA) is 86.5 Å². The molecule has 0 amide bonds. The molecule has 1 atom stereocenters. The number of aliphatic carboxylic acids is 1. The van der Waals surface area contributed by atoms with E-state index in [-0.39, 0.29) is 6.61 Å². The van der Waals surface area contributed by atoms with Crippen LogP contribution in [0, 0.1) is 19.3 Å². The lowest BCUT2D eigenvalue weighted by atomic mass is 9.82. The molecule has 0 spiro atoms. The van der Waals surface area contributed by atoms with Crippen LogP contribution in [0.4, 0.5) is 0 Å². The van der Waals surface area contributed by atoms with Crippen LogP contribution in [0.2, 0.25) is 0 Å². The quantitative estimate of drug-likeness (QED) is 0.739. The summed E-state index contributed by atoms with van der Waals surface area (Å²) in [4.78, 5) is 11.8. The van der Waals surface area contributed by atoms with Crippen LogP contribution in [-0.4, -0.2) is 39.8 Å². The van der Waals surface area contributed by atoms with Crippen molar-refractivity contribution in [1.82, 2.24) is 15.0 Å². The van der Waals surface area contributed by atoms with Crippen LogP contribution in [0.15, 0.2) is 24.4 Å². The molecule has 142 valence electrons. The van der Waals surface area contributed by atoms with E-state index in [9.17, 15) is 9.90 Å². The number of ether oxygens (including phenoxy) is 2. The van der Waals surface area contributed by atoms with E-state index in [4.69, 9.17) is 9.47 Å². The Hall–Kier alpha value is -2.25. The van der Waals surface area contributed by atoms with E-state index in [1.165, 1.54) is 0 Å². The van der Waals surface area contributed by atoms with Gasteiger partial charge in [-0.2, -0.15) is 0 Å². The Bertz CT molecular complexity index is 755. The second-order valence-electron chi connectivity index (χ2n) is 7.03. The van der Waals surface area contributed by atoms with E-state index < -0.39 is 17.5 Å². The lowest BCUT2D eigenvalue weighted by molar-refractivity contribution is -0.158. The van der Waals surface area contributed by atoms with Crippen molar-refractivity contribution in [1.29, 1.82) is 0 Å². The van der Waals surface area contributed by atoms with Gasteiger partial charge in [-0.15, -0.1) is 5.10 Å². The van der Waals surface area contributed by atoms with Gasteiger partial charge in [-0.1, -0.05) is 23.4 Å². The molecule has 7 heteroatoms. The van der Waals surface area contributed by atoms with Crippen molar-refractivity contribution in [3.8, 4) is 0 Å². The minimum atomic E-state index is -1.09. The lowest BCUT2D eigenvalue weighted by Crippen LogP contribution is -2.33. The minimum absolute atomic E-state index is 0.182. The molecule has 7 nitrogen and oxygen atoms in total. The van der Waals surface area contributed by atoms with Crippen LogP contribution in [-0.2, 0) is 27.4 Å². The van der Waals surface area contributed by atoms with E-state index in [0.717, 1.165) is 16.7 Å². The summed E-state index contributed by atoms with van der Waals surface area (Å²) in [5.74, 6) is -0.913. The number of methoxy groups -OCH3 is 1. The van der Waals surface area contributed by atoms with Crippen molar-refractivity contribution >= 4 is 5.97 Å². The molecule has 2 rings (SSSR count). The Morgan fingerprint density at radius 1 is 1.31 bits per heavy atom. The number of carboxylic acid groups (broad SMARTS) is 1. The number of hydrogen-bond acceptors (Lipinski definition) is 5. The maximum Gasteiger partial charge on any atom is 0.312 e. The maximum absolute atomic E-state index is 11.8. The summed E-state index contributed by atoms with van der Waals surface area (Å²) in [5.41, 5.74) is 2.65. The van der Waals surface area contributed by atoms with Gasteiger partial charge >= 0.3 is 5.97 Å². The summed E-state index contributed by atoms with van der Waals surface area (Å²) in [5, 5.41) is 17.8. The number of aryl methyl sites for hydroxylation is 2. The van der Waals surface area contributed by atoms with Gasteiger partial charge in [0.05, 0.1) is 37.5 Å². The fourth-order valence-corrected chi connectivity index (χ4v) is 2.63. The Kier molecular flexibility index (Phi) is 6.50. The summed E-state index contributed by atoms with van der Waals surface area (Å²) in [7, 11) is 1.63. The fourth-order valence-electron chi connectivity index (χ4n) is 2.63. The van der Waals surface area contributed by atoms with Gasteiger partial charge < -0.3 is 14.6 Å². The van der Waals surface area contributed by atoms with Gasteiger partial charge in [-0.05, 0) is 44.4 Å². The second kappa shape index (κ2) is 8.42. The zero-order valence-electron chi connectivity index (χ0n) is 16.0. The Morgan fingerprint density at radius 3 is 2.65 bits per heavy atom. The molecule has 0 aliphatic heterocycles. The third-order valence-electron chi connectivity index (χ3n) is 4.55. The third-order valence-corrected chi connectivity index (χ3v) is 4.55. The van der Waals surface area contributed by atoms with Crippen molar-refractivity contribution < 1.29 is 19.4 Å². The zero-order chi connectivity index (χ0) is 19.3. The SMILES string of the molecule is COCCn1cc(COC(c2ccc(C)c(C)c2)C(C)(C)C(=O)O)nn1. The smallest absolute Gasteiger partial charge is 0.312 e. The zero-order valence-corrected chi connectivity index (χ0v) is 16.0. The monoisotopic (exact) mass is 361 g/mol. The van der Waals surface area contributed by atoms with E-state index in [2.05, 4.69) is 10.3 Å². The molecule has 0 fully saturated rings. The molecule has 1 aromatic carbocycles. The summed E-state index contributed by atoms with van der Waals surface area (Å²) < 4.78 is 12.7. The molecule has 26 heavy (non-hydrogen) atoms. The molecule has 0 bridgehead atoms. The number of benzene rings is 1. The van der Waals surface area contributed by atoms with Gasteiger partial charge in [0.1, 0.15) is 5.69 Å². The molecule has 1 unspecified atom stereocenters. The number of rotatable bonds is 9. The predicted molar refractivity (Wildman–Crippen MR) is 96.8 cm³/mol. The van der Waals surface area contributed by atoms with Gasteiger partial charge in [0.2, 0.25) is 0 Å². The first kappa shape index (κ1) is 20.1. The number of aromatic nitrogens is 3. The van der Waals surface area contributed by atoms with Gasteiger partial charge in [-0.3, -0.25) is 4.79 Å². The highest BCUT2D eigenvalue weighted by Gasteiger charge is 2.39. The number of carbonyl (C=O) groups is 1. The van der Waals surface area contributed by atoms with Crippen LogP contribution in [0.25, 0.3) is 0 Å². The van der Waals surface area contributed by atoms with Crippen LogP contribution in [0.1, 0.15) is 42.3 Å². The first-order valence-electron chi connectivity index (χ1n) is 8.55. The highest BCUT2D eigenvalue weighted by molar-refractivity contribution is 5.74. The van der Waals surface area contributed by atoms with Gasteiger partial charge in [-0.25, -0.2) is 4.68 Å². The first-order valence-corrected chi connectivity index (χ1v) is 8.55. The molecule has 0 radical (unpaired) electrons. The van der Waals surface area contributed by atoms with Gasteiger partial charge in [0.15, 0.2) is 0 Å². The molecular weight excluding hydrogens is 334 g/mol. The molecular formula is C19H27N3O4. The van der Waals surface area contributed by atoms with Crippen molar-refractivity contribution in [3.63, 3.8) is 0 Å². The summed E-state index contributed by atoms with van der Waals surface area (Å²) in [6.07, 6.45) is 1.17. The maximum atomic E-state index is 11.8. The molecule has 2 aromatic rings. The third kappa shape index (κ3) is 4.68. The molecule has 0 saturated heterocycles. The van der Waals surface area contributed by atoms with Crippen molar-refractivity contribution in [2.24, 2.45) is 5.41 Å². The number of nitrogens with zero attached hydrogens (tertiary/aromatic N) is 3. The summed E-state index contributed by atoms with van der Waals surface area (Å²) >= 11 is 0. The Morgan fingerprint density at radius 2 is 2.04 bits per heavy atom. The first-order chi connectivity index (χ1) is 12.3. The van der Waals surface area contributed by atoms with Crippen molar-refractivity contribution in [3.05, 3.63) is 46.8 Å². The van der Waals surface area contributed by atoms with E-state index >= 15 is 0 Å². The standard InChI is InChI=1S/C19H27N3O4/c1-13-6-7-15(10-14(13)2)17(19(3,4)18(23)24)26-12-16-11-22(21-20-16)8-9-25-5/h6-7,10-11,17H,8-9,12H2,1-5H3,(H,23,24). The van der Waals surface area contributed by atoms with E-state index in [0.29, 0.717) is 18.8 Å². The van der Waals surface area contributed by atoms with Crippen LogP contribution in [0.3, 0.4) is 0 Å². The molecule has 0 aliphatic carbocycles. The molecule has 1 N–H and O–H groups in total. The average Bonchev–Trinajstić information content (AvgIpc) is 3.03. The van der Waals surface area contributed by atoms with E-state index in [1.807, 2.05) is 32.0 Å². The van der Waals surface area contributed by atoms with Crippen LogP contribution < -0.4 is 0 Å². The Labute approximate surface area is 153 Å². The highest BCUT2D eigenvalue weighted by atomic mass is 16.5. The second-order valence-corrected chi connectivity index (χ2v) is 7.03. The Balaban J connectivity index is 2.20. The summed E-state index contributed by atoms with van der Waals surface area (Å²) in [6.45, 7) is 8.70. The molecule has 1 aromatic heterocycles. The van der Waals surface area contributed by atoms with Crippen LogP contribution >= 0.6 is 0 Å². The molecule has 1 heterocycles. The summed E-state index contributed by atoms with van der Waals surface area (Å²) in [6, 6.07) is 5.90. The lowest BCUT2D eigenvalue weighted by Gasteiger charge is -2.31. The van der Waals surface area contributed by atoms with E-state index in [1.54, 1.807) is 31.8 Å². The highest BCUT2D eigenvalue weighted by Crippen LogP contribution is 2.38. The van der Waals surface area contributed by atoms with Crippen molar-refractivity contribution in [2.45, 2.75) is 47.0 Å². The fraction of sp³-hybridized carbons (Fsp3) is 0.526. The average molecular weight is 361 g/mol. The predicted octanol–water partition coefficient (Wildman–Crippen LogP) is 2.91. The number of hydrogen-bond donors (Lipinski definition) is 1. The number of carboxylic acids is 1. The molecule has 0 aliphatic rings. The van der Waals surface area contributed by atoms with Crippen LogP contribution in [0.5, 0.6) is 0 Å². The van der Waals surface area contributed by atoms with Gasteiger partial charge in [0.25, 0.3) is 0 Å². The minimum Gasteiger partial charge on any atom is -0.481 e. The normalized spacial score (nSPS) is 13.0. The largest absolute Gasteiger partial charge is 0.481 e. The molecule has 0 saturated carbocycles.